The van der Waals surface area contributed by atoms with Crippen LogP contribution in [0.1, 0.15) is 22.9 Å². The van der Waals surface area contributed by atoms with E-state index in [1.165, 1.54) is 36.3 Å². The van der Waals surface area contributed by atoms with Gasteiger partial charge in [-0.1, -0.05) is 127 Å². The maximum absolute atomic E-state index is 6.58. The molecule has 0 radical (unpaired) electrons. The summed E-state index contributed by atoms with van der Waals surface area (Å²) in [5, 5.41) is 13.2. The van der Waals surface area contributed by atoms with Crippen molar-refractivity contribution in [3.63, 3.8) is 0 Å². The zero-order valence-corrected chi connectivity index (χ0v) is 28.7. The maximum Gasteiger partial charge on any atom is 0.159 e. The molecule has 1 aliphatic rings. The van der Waals surface area contributed by atoms with Crippen LogP contribution in [0.25, 0.3) is 74.8 Å². The van der Waals surface area contributed by atoms with Gasteiger partial charge in [-0.3, -0.25) is 0 Å². The molecule has 2 aromatic heterocycles. The minimum Gasteiger partial charge on any atom is -0.456 e. The summed E-state index contributed by atoms with van der Waals surface area (Å²) in [5.74, 6) is 1.46. The Kier molecular flexibility index (Phi) is 6.45. The Bertz CT molecular complexity index is 3120. The second kappa shape index (κ2) is 11.5. The predicted molar refractivity (Wildman–Crippen MR) is 219 cm³/mol. The molecule has 8 aromatic carbocycles. The van der Waals surface area contributed by atoms with Gasteiger partial charge in [-0.25, -0.2) is 9.98 Å². The lowest BCUT2D eigenvalue weighted by atomic mass is 9.95. The molecule has 52 heavy (non-hydrogen) atoms. The summed E-state index contributed by atoms with van der Waals surface area (Å²) in [7, 11) is 0. The van der Waals surface area contributed by atoms with Crippen molar-refractivity contribution in [2.45, 2.75) is 6.17 Å². The first-order valence-corrected chi connectivity index (χ1v) is 18.3. The van der Waals surface area contributed by atoms with Crippen molar-refractivity contribution in [3.8, 4) is 11.1 Å². The number of furan rings is 1. The molecule has 0 amide bonds. The van der Waals surface area contributed by atoms with Crippen LogP contribution in [0.15, 0.2) is 178 Å². The lowest BCUT2D eigenvalue weighted by molar-refractivity contribution is 0.668. The van der Waals surface area contributed by atoms with E-state index in [0.717, 1.165) is 61.0 Å². The molecule has 11 rings (SSSR count). The third-order valence-corrected chi connectivity index (χ3v) is 11.5. The molecule has 0 saturated heterocycles. The van der Waals surface area contributed by atoms with Gasteiger partial charge < -0.3 is 9.73 Å². The van der Waals surface area contributed by atoms with Gasteiger partial charge in [0.1, 0.15) is 23.2 Å². The van der Waals surface area contributed by atoms with Crippen LogP contribution in [0.2, 0.25) is 0 Å². The number of rotatable bonds is 4. The van der Waals surface area contributed by atoms with Gasteiger partial charge in [0.05, 0.1) is 0 Å². The standard InChI is InChI=1S/C47H29N3OS/c1-2-11-29(12-3-1)45-48-46(32-22-24-34-30(26-32)21-20-28-10-4-5-13-33(28)34)50-47(49-45)37-16-9-18-40-44(37)43-35(15-8-17-39(43)51-40)31-23-25-42-38(27-31)36-14-6-7-19-41(36)52-42/h1-27,45H,(H,48,49,50). The average Bonchev–Trinajstić information content (AvgIpc) is 3.79. The molecule has 244 valence electrons. The number of benzene rings is 8. The summed E-state index contributed by atoms with van der Waals surface area (Å²) in [6.07, 6.45) is -0.321. The lowest BCUT2D eigenvalue weighted by Crippen LogP contribution is -2.33. The monoisotopic (exact) mass is 683 g/mol. The molecule has 5 heteroatoms. The topological polar surface area (TPSA) is 49.9 Å². The summed E-state index contributed by atoms with van der Waals surface area (Å²) in [6.45, 7) is 0. The van der Waals surface area contributed by atoms with E-state index in [2.05, 4.69) is 163 Å². The Morgan fingerprint density at radius 1 is 0.500 bits per heavy atom. The first kappa shape index (κ1) is 29.2. The summed E-state index contributed by atoms with van der Waals surface area (Å²) in [5.41, 5.74) is 6.99. The number of hydrogen-bond donors (Lipinski definition) is 1. The van der Waals surface area contributed by atoms with Crippen LogP contribution >= 0.6 is 11.3 Å². The number of hydrogen-bond acceptors (Lipinski definition) is 5. The van der Waals surface area contributed by atoms with Gasteiger partial charge in [-0.05, 0) is 74.6 Å². The molecule has 1 aliphatic heterocycles. The molecule has 0 aliphatic carbocycles. The van der Waals surface area contributed by atoms with Crippen molar-refractivity contribution in [3.05, 3.63) is 180 Å². The maximum atomic E-state index is 6.58. The molecular weight excluding hydrogens is 655 g/mol. The highest BCUT2D eigenvalue weighted by Crippen LogP contribution is 2.42. The predicted octanol–water partition coefficient (Wildman–Crippen LogP) is 12.4. The van der Waals surface area contributed by atoms with Crippen molar-refractivity contribution >= 4 is 86.7 Å². The normalized spacial score (nSPS) is 14.7. The van der Waals surface area contributed by atoms with Crippen LogP contribution < -0.4 is 5.32 Å². The Hall–Kier alpha value is -6.56. The fraction of sp³-hybridized carbons (Fsp3) is 0.0213. The van der Waals surface area contributed by atoms with E-state index in [1.54, 1.807) is 0 Å². The number of thiophene rings is 1. The van der Waals surface area contributed by atoms with Gasteiger partial charge in [-0.2, -0.15) is 0 Å². The Balaban J connectivity index is 1.11. The van der Waals surface area contributed by atoms with Gasteiger partial charge >= 0.3 is 0 Å². The minimum atomic E-state index is -0.321. The highest BCUT2D eigenvalue weighted by atomic mass is 32.1. The van der Waals surface area contributed by atoms with Crippen LogP contribution in [0.5, 0.6) is 0 Å². The molecule has 0 spiro atoms. The van der Waals surface area contributed by atoms with E-state index >= 15 is 0 Å². The van der Waals surface area contributed by atoms with Crippen LogP contribution in [-0.2, 0) is 0 Å². The zero-order chi connectivity index (χ0) is 34.2. The molecule has 1 N–H and O–H groups in total. The Morgan fingerprint density at radius 2 is 1.19 bits per heavy atom. The molecule has 10 aromatic rings. The molecule has 0 saturated carbocycles. The van der Waals surface area contributed by atoms with E-state index in [0.29, 0.717) is 5.84 Å². The molecular formula is C47H29N3OS. The van der Waals surface area contributed by atoms with Crippen molar-refractivity contribution in [2.75, 3.05) is 0 Å². The van der Waals surface area contributed by atoms with E-state index < -0.39 is 0 Å². The highest BCUT2D eigenvalue weighted by molar-refractivity contribution is 7.25. The molecule has 1 unspecified atom stereocenters. The number of aliphatic imine (C=N–C) groups is 2. The number of amidine groups is 2. The SMILES string of the molecule is c1ccc(C2N=C(c3ccc4c(ccc5ccccc54)c3)N=C(c3cccc4oc5cccc(-c6ccc7sc8ccccc8c7c6)c5c34)N2)cc1. The van der Waals surface area contributed by atoms with Crippen LogP contribution in [0.4, 0.5) is 0 Å². The van der Waals surface area contributed by atoms with Crippen molar-refractivity contribution in [2.24, 2.45) is 9.98 Å². The quantitative estimate of drug-likeness (QED) is 0.188. The molecule has 3 heterocycles. The number of nitrogens with one attached hydrogen (secondary N) is 1. The van der Waals surface area contributed by atoms with Crippen molar-refractivity contribution in [1.29, 1.82) is 0 Å². The van der Waals surface area contributed by atoms with Gasteiger partial charge in [0.15, 0.2) is 5.84 Å². The van der Waals surface area contributed by atoms with Crippen LogP contribution in [-0.4, -0.2) is 11.7 Å². The molecule has 1 atom stereocenters. The van der Waals surface area contributed by atoms with Gasteiger partial charge in [0, 0.05) is 42.1 Å². The van der Waals surface area contributed by atoms with E-state index in [1.807, 2.05) is 17.4 Å². The first-order valence-electron chi connectivity index (χ1n) is 17.5. The van der Waals surface area contributed by atoms with Crippen LogP contribution in [0, 0.1) is 0 Å². The van der Waals surface area contributed by atoms with Gasteiger partial charge in [0.25, 0.3) is 0 Å². The molecule has 4 nitrogen and oxygen atoms in total. The van der Waals surface area contributed by atoms with E-state index in [9.17, 15) is 0 Å². The fourth-order valence-electron chi connectivity index (χ4n) is 7.87. The van der Waals surface area contributed by atoms with Gasteiger partial charge in [0.2, 0.25) is 0 Å². The van der Waals surface area contributed by atoms with Crippen molar-refractivity contribution < 1.29 is 4.42 Å². The van der Waals surface area contributed by atoms with E-state index in [-0.39, 0.29) is 6.17 Å². The van der Waals surface area contributed by atoms with Crippen LogP contribution in [0.3, 0.4) is 0 Å². The highest BCUT2D eigenvalue weighted by Gasteiger charge is 2.25. The number of fused-ring (bicyclic) bond motifs is 9. The van der Waals surface area contributed by atoms with E-state index in [4.69, 9.17) is 14.4 Å². The van der Waals surface area contributed by atoms with Gasteiger partial charge in [-0.15, -0.1) is 11.3 Å². The fourth-order valence-corrected chi connectivity index (χ4v) is 8.96. The molecule has 0 fully saturated rings. The zero-order valence-electron chi connectivity index (χ0n) is 27.9. The third kappa shape index (κ3) is 4.60. The Labute approximate surface area is 303 Å². The summed E-state index contributed by atoms with van der Waals surface area (Å²) >= 11 is 1.84. The third-order valence-electron chi connectivity index (χ3n) is 10.3. The minimum absolute atomic E-state index is 0.321. The second-order valence-corrected chi connectivity index (χ2v) is 14.4. The molecule has 0 bridgehead atoms. The number of nitrogens with zero attached hydrogens (tertiary/aromatic N) is 2. The Morgan fingerprint density at radius 3 is 2.08 bits per heavy atom. The lowest BCUT2D eigenvalue weighted by Gasteiger charge is -2.24. The summed E-state index contributed by atoms with van der Waals surface area (Å²) < 4.78 is 9.17. The summed E-state index contributed by atoms with van der Waals surface area (Å²) in [6, 6.07) is 58.0. The van der Waals surface area contributed by atoms with Crippen molar-refractivity contribution in [1.82, 2.24) is 5.32 Å². The average molecular weight is 684 g/mol. The second-order valence-electron chi connectivity index (χ2n) is 13.4. The summed E-state index contributed by atoms with van der Waals surface area (Å²) in [4.78, 5) is 10.5. The first-order chi connectivity index (χ1) is 25.7. The largest absolute Gasteiger partial charge is 0.456 e. The smallest absolute Gasteiger partial charge is 0.159 e.